The first-order valence-electron chi connectivity index (χ1n) is 6.37. The molecule has 0 rings (SSSR count). The number of hydrogen-bond donors (Lipinski definition) is 0. The maximum absolute atomic E-state index is 6.83. The van der Waals surface area contributed by atoms with Crippen LogP contribution in [0.4, 0.5) is 0 Å². The van der Waals surface area contributed by atoms with Crippen LogP contribution in [0.25, 0.3) is 0 Å². The normalized spacial score (nSPS) is 13.9. The van der Waals surface area contributed by atoms with Crippen molar-refractivity contribution >= 4 is 27.7 Å². The van der Waals surface area contributed by atoms with Crippen molar-refractivity contribution < 1.29 is 4.12 Å². The Balaban J connectivity index is 4.86. The molecule has 0 fully saturated rings. The highest BCUT2D eigenvalue weighted by Crippen LogP contribution is 2.40. The fourth-order valence-corrected chi connectivity index (χ4v) is 10.7. The van der Waals surface area contributed by atoms with E-state index < -0.39 is 16.7 Å². The van der Waals surface area contributed by atoms with Gasteiger partial charge in [0.2, 0.25) is 9.04 Å². The molecule has 1 radical (unpaired) electrons. The maximum Gasteiger partial charge on any atom is 0.285 e. The van der Waals surface area contributed by atoms with E-state index in [1.807, 2.05) is 0 Å². The summed E-state index contributed by atoms with van der Waals surface area (Å²) in [5.41, 5.74) is 2.22. The van der Waals surface area contributed by atoms with Crippen LogP contribution in [0.3, 0.4) is 0 Å². The smallest absolute Gasteiger partial charge is 0.285 e. The summed E-state index contributed by atoms with van der Waals surface area (Å²) in [5, 5.41) is 0. The summed E-state index contributed by atoms with van der Waals surface area (Å²) in [6.45, 7) is 17.9. The Morgan fingerprint density at radius 2 is 1.12 bits per heavy atom. The molecular weight excluding hydrogens is 252 g/mol. The van der Waals surface area contributed by atoms with Gasteiger partial charge < -0.3 is 4.12 Å². The van der Waals surface area contributed by atoms with Gasteiger partial charge in [-0.15, -0.1) is 11.1 Å². The van der Waals surface area contributed by atoms with Crippen molar-refractivity contribution in [3.8, 4) is 0 Å². The van der Waals surface area contributed by atoms with Gasteiger partial charge in [0.05, 0.1) is 0 Å². The summed E-state index contributed by atoms with van der Waals surface area (Å²) >= 11 is 6.83. The van der Waals surface area contributed by atoms with E-state index in [9.17, 15) is 0 Å². The quantitative estimate of drug-likeness (QED) is 0.473. The van der Waals surface area contributed by atoms with Gasteiger partial charge in [-0.05, 0) is 22.2 Å². The van der Waals surface area contributed by atoms with E-state index in [1.165, 1.54) is 0 Å². The SMILES string of the molecule is CC(C)[Si](O[Si](Cl)(C(C)C)C(C)C)C(C)C. The third kappa shape index (κ3) is 4.17. The molecule has 0 N–H and O–H groups in total. The lowest BCUT2D eigenvalue weighted by Gasteiger charge is -2.38. The predicted octanol–water partition coefficient (Wildman–Crippen LogP) is 5.32. The first kappa shape index (κ1) is 16.7. The van der Waals surface area contributed by atoms with Crippen molar-refractivity contribution in [1.82, 2.24) is 0 Å². The van der Waals surface area contributed by atoms with Gasteiger partial charge in [-0.1, -0.05) is 55.4 Å². The molecule has 0 saturated carbocycles. The summed E-state index contributed by atoms with van der Waals surface area (Å²) in [4.78, 5) is 0. The molecule has 4 heteroatoms. The van der Waals surface area contributed by atoms with E-state index in [4.69, 9.17) is 15.2 Å². The highest BCUT2D eigenvalue weighted by atomic mass is 35.6. The molecule has 0 aliphatic carbocycles. The fraction of sp³-hybridized carbons (Fsp3) is 1.00. The third-order valence-corrected chi connectivity index (χ3v) is 13.9. The Bertz CT molecular complexity index is 189. The minimum Gasteiger partial charge on any atom is -0.443 e. The van der Waals surface area contributed by atoms with Gasteiger partial charge in [0.25, 0.3) is 7.63 Å². The standard InChI is InChI=1S/C12H28ClOSi2/c1-9(2)15(10(3)4)14-16(13,11(5)6)12(7)8/h9-12H,1-8H3. The Morgan fingerprint density at radius 1 is 0.812 bits per heavy atom. The van der Waals surface area contributed by atoms with Crippen LogP contribution in [0.2, 0.25) is 22.2 Å². The number of halogens is 1. The number of hydrogen-bond acceptors (Lipinski definition) is 1. The predicted molar refractivity (Wildman–Crippen MR) is 78.8 cm³/mol. The Kier molecular flexibility index (Phi) is 6.85. The van der Waals surface area contributed by atoms with Crippen molar-refractivity contribution in [3.05, 3.63) is 0 Å². The molecule has 0 aromatic carbocycles. The minimum absolute atomic E-state index is 0.478. The second kappa shape index (κ2) is 6.57. The van der Waals surface area contributed by atoms with Crippen molar-refractivity contribution in [1.29, 1.82) is 0 Å². The second-order valence-electron chi connectivity index (χ2n) is 5.82. The number of rotatable bonds is 6. The topological polar surface area (TPSA) is 9.23 Å². The zero-order valence-corrected chi connectivity index (χ0v) is 14.9. The molecule has 0 amide bonds. The van der Waals surface area contributed by atoms with E-state index in [0.717, 1.165) is 0 Å². The molecule has 0 aromatic heterocycles. The molecule has 0 aromatic rings. The average molecular weight is 280 g/mol. The Morgan fingerprint density at radius 3 is 1.31 bits per heavy atom. The van der Waals surface area contributed by atoms with E-state index in [1.54, 1.807) is 0 Å². The van der Waals surface area contributed by atoms with Crippen LogP contribution in [0.1, 0.15) is 55.4 Å². The summed E-state index contributed by atoms with van der Waals surface area (Å²) in [7, 11) is -2.87. The Labute approximate surface area is 109 Å². The van der Waals surface area contributed by atoms with Gasteiger partial charge in [-0.3, -0.25) is 0 Å². The second-order valence-corrected chi connectivity index (χ2v) is 15.2. The van der Waals surface area contributed by atoms with Gasteiger partial charge in [0.1, 0.15) is 0 Å². The maximum atomic E-state index is 6.83. The molecule has 0 atom stereocenters. The molecule has 0 aliphatic rings. The van der Waals surface area contributed by atoms with Gasteiger partial charge in [0.15, 0.2) is 0 Å². The first-order valence-corrected chi connectivity index (χ1v) is 11.0. The zero-order chi connectivity index (χ0) is 13.1. The molecule has 0 heterocycles. The minimum atomic E-state index is -2.08. The monoisotopic (exact) mass is 279 g/mol. The van der Waals surface area contributed by atoms with Gasteiger partial charge in [0, 0.05) is 0 Å². The summed E-state index contributed by atoms with van der Waals surface area (Å²) in [5.74, 6) is 0. The summed E-state index contributed by atoms with van der Waals surface area (Å²) in [6, 6.07) is 0. The molecule has 1 nitrogen and oxygen atoms in total. The Hall–Kier alpha value is 0.684. The van der Waals surface area contributed by atoms with Crippen LogP contribution >= 0.6 is 11.1 Å². The van der Waals surface area contributed by atoms with E-state index in [-0.39, 0.29) is 0 Å². The van der Waals surface area contributed by atoms with E-state index in [2.05, 4.69) is 55.4 Å². The van der Waals surface area contributed by atoms with Crippen LogP contribution < -0.4 is 0 Å². The molecule has 0 spiro atoms. The highest BCUT2D eigenvalue weighted by molar-refractivity contribution is 7.19. The van der Waals surface area contributed by atoms with E-state index in [0.29, 0.717) is 22.2 Å². The molecule has 16 heavy (non-hydrogen) atoms. The van der Waals surface area contributed by atoms with Crippen LogP contribution in [0.5, 0.6) is 0 Å². The van der Waals surface area contributed by atoms with Crippen molar-refractivity contribution in [2.45, 2.75) is 77.6 Å². The van der Waals surface area contributed by atoms with Crippen LogP contribution in [0, 0.1) is 0 Å². The van der Waals surface area contributed by atoms with Crippen molar-refractivity contribution in [3.63, 3.8) is 0 Å². The van der Waals surface area contributed by atoms with Gasteiger partial charge in [-0.2, -0.15) is 0 Å². The molecule has 0 unspecified atom stereocenters. The van der Waals surface area contributed by atoms with Gasteiger partial charge in [-0.25, -0.2) is 0 Å². The van der Waals surface area contributed by atoms with Crippen LogP contribution in [-0.4, -0.2) is 16.7 Å². The lowest BCUT2D eigenvalue weighted by molar-refractivity contribution is 0.508. The van der Waals surface area contributed by atoms with Crippen LogP contribution in [-0.2, 0) is 4.12 Å². The van der Waals surface area contributed by atoms with Crippen LogP contribution in [0.15, 0.2) is 0 Å². The van der Waals surface area contributed by atoms with Gasteiger partial charge >= 0.3 is 0 Å². The molecule has 97 valence electrons. The fourth-order valence-electron chi connectivity index (χ4n) is 1.99. The van der Waals surface area contributed by atoms with E-state index >= 15 is 0 Å². The summed E-state index contributed by atoms with van der Waals surface area (Å²) < 4.78 is 6.49. The van der Waals surface area contributed by atoms with Crippen molar-refractivity contribution in [2.75, 3.05) is 0 Å². The lowest BCUT2D eigenvalue weighted by Crippen LogP contribution is -2.46. The zero-order valence-electron chi connectivity index (χ0n) is 12.1. The third-order valence-electron chi connectivity index (χ3n) is 2.99. The lowest BCUT2D eigenvalue weighted by atomic mass is 10.5. The molecular formula is C12H28ClOSi2. The molecule has 0 saturated heterocycles. The molecule has 0 bridgehead atoms. The largest absolute Gasteiger partial charge is 0.443 e. The highest BCUT2D eigenvalue weighted by Gasteiger charge is 2.44. The van der Waals surface area contributed by atoms with Crippen molar-refractivity contribution in [2.24, 2.45) is 0 Å². The average Bonchev–Trinajstić information content (AvgIpc) is 2.11. The first-order chi connectivity index (χ1) is 7.12. The molecule has 0 aliphatic heterocycles. The summed E-state index contributed by atoms with van der Waals surface area (Å²) in [6.07, 6.45) is 0.